The fourth-order valence-electron chi connectivity index (χ4n) is 1.96. The van der Waals surface area contributed by atoms with E-state index in [4.69, 9.17) is 5.73 Å². The van der Waals surface area contributed by atoms with E-state index in [0.717, 1.165) is 25.3 Å². The molecule has 1 aromatic carbocycles. The Morgan fingerprint density at radius 1 is 1.37 bits per heavy atom. The van der Waals surface area contributed by atoms with Crippen molar-refractivity contribution in [2.75, 3.05) is 18.4 Å². The van der Waals surface area contributed by atoms with Gasteiger partial charge in [-0.1, -0.05) is 26.0 Å². The van der Waals surface area contributed by atoms with Crippen molar-refractivity contribution in [2.45, 2.75) is 39.8 Å². The third-order valence-electron chi connectivity index (χ3n) is 3.02. The summed E-state index contributed by atoms with van der Waals surface area (Å²) in [7, 11) is 0. The molecule has 1 rings (SSSR count). The molecule has 0 bridgehead atoms. The summed E-state index contributed by atoms with van der Waals surface area (Å²) in [6.45, 7) is 9.09. The largest absolute Gasteiger partial charge is 0.327 e. The van der Waals surface area contributed by atoms with E-state index >= 15 is 0 Å². The first-order chi connectivity index (χ1) is 9.05. The van der Waals surface area contributed by atoms with Gasteiger partial charge in [0.05, 0.1) is 0 Å². The van der Waals surface area contributed by atoms with Gasteiger partial charge in [-0.25, -0.2) is 0 Å². The maximum Gasteiger partial charge on any atom is 0.225 e. The molecule has 106 valence electrons. The maximum absolute atomic E-state index is 11.7. The minimum absolute atomic E-state index is 0.0324. The average molecular weight is 263 g/mol. The second-order valence-electron chi connectivity index (χ2n) is 4.89. The molecule has 0 saturated heterocycles. The Kier molecular flexibility index (Phi) is 6.53. The fourth-order valence-corrected chi connectivity index (χ4v) is 1.96. The Morgan fingerprint density at radius 2 is 2.05 bits per heavy atom. The molecule has 0 saturated carbocycles. The molecule has 1 amide bonds. The summed E-state index contributed by atoms with van der Waals surface area (Å²) in [5.74, 6) is -0.0324. The molecule has 0 aliphatic carbocycles. The first-order valence-electron chi connectivity index (χ1n) is 6.91. The molecule has 0 fully saturated rings. The van der Waals surface area contributed by atoms with Crippen molar-refractivity contribution >= 4 is 11.6 Å². The molecule has 3 N–H and O–H groups in total. The van der Waals surface area contributed by atoms with Crippen LogP contribution in [0.5, 0.6) is 0 Å². The van der Waals surface area contributed by atoms with Gasteiger partial charge in [0.25, 0.3) is 0 Å². The molecule has 1 aromatic rings. The molecule has 1 atom stereocenters. The Hall–Kier alpha value is -1.39. The summed E-state index contributed by atoms with van der Waals surface area (Å²) in [5.41, 5.74) is 7.66. The van der Waals surface area contributed by atoms with Crippen LogP contribution in [0.4, 0.5) is 5.69 Å². The summed E-state index contributed by atoms with van der Waals surface area (Å²) >= 11 is 0. The van der Waals surface area contributed by atoms with Crippen molar-refractivity contribution in [1.82, 2.24) is 4.90 Å². The molecule has 0 aliphatic rings. The minimum Gasteiger partial charge on any atom is -0.327 e. The second-order valence-corrected chi connectivity index (χ2v) is 4.89. The van der Waals surface area contributed by atoms with Gasteiger partial charge in [0, 0.05) is 24.7 Å². The van der Waals surface area contributed by atoms with Crippen LogP contribution in [0.25, 0.3) is 0 Å². The molecule has 0 aromatic heterocycles. The van der Waals surface area contributed by atoms with Crippen molar-refractivity contribution in [3.05, 3.63) is 29.8 Å². The van der Waals surface area contributed by atoms with E-state index < -0.39 is 0 Å². The number of nitrogens with one attached hydrogen (secondary N) is 1. The summed E-state index contributed by atoms with van der Waals surface area (Å²) in [5, 5.41) is 2.89. The Balaban J connectivity index is 2.63. The number of nitrogens with zero attached hydrogens (tertiary/aromatic N) is 1. The topological polar surface area (TPSA) is 58.4 Å². The van der Waals surface area contributed by atoms with E-state index in [0.29, 0.717) is 6.42 Å². The van der Waals surface area contributed by atoms with Crippen molar-refractivity contribution in [3.63, 3.8) is 0 Å². The van der Waals surface area contributed by atoms with Gasteiger partial charge in [-0.2, -0.15) is 0 Å². The van der Waals surface area contributed by atoms with Crippen LogP contribution in [0.1, 0.15) is 32.8 Å². The predicted molar refractivity (Wildman–Crippen MR) is 80.0 cm³/mol. The van der Waals surface area contributed by atoms with Gasteiger partial charge in [-0.15, -0.1) is 0 Å². The number of anilines is 1. The van der Waals surface area contributed by atoms with Crippen LogP contribution < -0.4 is 11.1 Å². The van der Waals surface area contributed by atoms with Crippen molar-refractivity contribution in [3.8, 4) is 0 Å². The van der Waals surface area contributed by atoms with Crippen LogP contribution in [0, 0.1) is 0 Å². The highest BCUT2D eigenvalue weighted by Gasteiger charge is 2.06. The number of rotatable bonds is 7. The Bertz CT molecular complexity index is 400. The number of hydrogen-bond donors (Lipinski definition) is 2. The van der Waals surface area contributed by atoms with E-state index in [2.05, 4.69) is 30.1 Å². The molecule has 0 aliphatic heterocycles. The van der Waals surface area contributed by atoms with Crippen LogP contribution in [-0.2, 0) is 11.3 Å². The van der Waals surface area contributed by atoms with Gasteiger partial charge >= 0.3 is 0 Å². The molecule has 0 heterocycles. The van der Waals surface area contributed by atoms with Crippen molar-refractivity contribution in [2.24, 2.45) is 5.73 Å². The van der Waals surface area contributed by atoms with Gasteiger partial charge < -0.3 is 11.1 Å². The average Bonchev–Trinajstić information content (AvgIpc) is 2.35. The highest BCUT2D eigenvalue weighted by molar-refractivity contribution is 5.91. The first-order valence-corrected chi connectivity index (χ1v) is 6.91. The van der Waals surface area contributed by atoms with E-state index in [-0.39, 0.29) is 11.9 Å². The summed E-state index contributed by atoms with van der Waals surface area (Å²) < 4.78 is 0. The number of hydrogen-bond acceptors (Lipinski definition) is 3. The number of carbonyl (C=O) groups excluding carboxylic acids is 1. The van der Waals surface area contributed by atoms with E-state index in [1.54, 1.807) is 0 Å². The molecule has 0 spiro atoms. The highest BCUT2D eigenvalue weighted by atomic mass is 16.1. The monoisotopic (exact) mass is 263 g/mol. The quantitative estimate of drug-likeness (QED) is 0.793. The van der Waals surface area contributed by atoms with Gasteiger partial charge in [0.2, 0.25) is 5.91 Å². The van der Waals surface area contributed by atoms with Crippen LogP contribution in [0.2, 0.25) is 0 Å². The molecule has 0 radical (unpaired) electrons. The van der Waals surface area contributed by atoms with E-state index in [1.165, 1.54) is 5.56 Å². The summed E-state index contributed by atoms with van der Waals surface area (Å²) in [6, 6.07) is 7.88. The SMILES string of the molecule is CCN(CC)Cc1cccc(NC(=O)CC(C)N)c1. The number of nitrogens with two attached hydrogens (primary N) is 1. The molecule has 19 heavy (non-hydrogen) atoms. The third-order valence-corrected chi connectivity index (χ3v) is 3.02. The van der Waals surface area contributed by atoms with E-state index in [9.17, 15) is 4.79 Å². The third kappa shape index (κ3) is 5.85. The number of carbonyl (C=O) groups is 1. The van der Waals surface area contributed by atoms with Crippen LogP contribution >= 0.6 is 0 Å². The minimum atomic E-state index is -0.112. The van der Waals surface area contributed by atoms with Gasteiger partial charge in [-0.05, 0) is 37.7 Å². The standard InChI is InChI=1S/C15H25N3O/c1-4-18(5-2)11-13-7-6-8-14(10-13)17-15(19)9-12(3)16/h6-8,10,12H,4-5,9,11,16H2,1-3H3,(H,17,19). The van der Waals surface area contributed by atoms with Gasteiger partial charge in [0.1, 0.15) is 0 Å². The van der Waals surface area contributed by atoms with E-state index in [1.807, 2.05) is 25.1 Å². The van der Waals surface area contributed by atoms with Crippen molar-refractivity contribution in [1.29, 1.82) is 0 Å². The van der Waals surface area contributed by atoms with Crippen LogP contribution in [0.15, 0.2) is 24.3 Å². The molecular weight excluding hydrogens is 238 g/mol. The Morgan fingerprint density at radius 3 is 2.63 bits per heavy atom. The molecular formula is C15H25N3O. The lowest BCUT2D eigenvalue weighted by atomic mass is 10.1. The second kappa shape index (κ2) is 7.92. The lowest BCUT2D eigenvalue weighted by molar-refractivity contribution is -0.116. The van der Waals surface area contributed by atoms with Crippen LogP contribution in [-0.4, -0.2) is 29.9 Å². The summed E-state index contributed by atoms with van der Waals surface area (Å²) in [6.07, 6.45) is 0.347. The predicted octanol–water partition coefficient (Wildman–Crippen LogP) is 2.20. The fraction of sp³-hybridized carbons (Fsp3) is 0.533. The zero-order chi connectivity index (χ0) is 14.3. The number of benzene rings is 1. The highest BCUT2D eigenvalue weighted by Crippen LogP contribution is 2.13. The number of amides is 1. The van der Waals surface area contributed by atoms with Gasteiger partial charge in [0.15, 0.2) is 0 Å². The van der Waals surface area contributed by atoms with Crippen molar-refractivity contribution < 1.29 is 4.79 Å². The lowest BCUT2D eigenvalue weighted by Crippen LogP contribution is -2.24. The first kappa shape index (κ1) is 15.7. The van der Waals surface area contributed by atoms with Crippen LogP contribution in [0.3, 0.4) is 0 Å². The smallest absolute Gasteiger partial charge is 0.225 e. The maximum atomic E-state index is 11.7. The zero-order valence-corrected chi connectivity index (χ0v) is 12.1. The van der Waals surface area contributed by atoms with Gasteiger partial charge in [-0.3, -0.25) is 9.69 Å². The Labute approximate surface area is 116 Å². The normalized spacial score (nSPS) is 12.5. The zero-order valence-electron chi connectivity index (χ0n) is 12.1. The molecule has 1 unspecified atom stereocenters. The molecule has 4 heteroatoms. The molecule has 4 nitrogen and oxygen atoms in total. The lowest BCUT2D eigenvalue weighted by Gasteiger charge is -2.18. The summed E-state index contributed by atoms with van der Waals surface area (Å²) in [4.78, 5) is 14.0.